The highest BCUT2D eigenvalue weighted by atomic mass is 15.4. The molecular weight excluding hydrogens is 128 g/mol. The van der Waals surface area contributed by atoms with E-state index in [1.54, 1.807) is 0 Å². The minimum absolute atomic E-state index is 0.367. The van der Waals surface area contributed by atoms with Crippen LogP contribution < -0.4 is 5.73 Å². The van der Waals surface area contributed by atoms with Crippen LogP contribution in [0.15, 0.2) is 0 Å². The Morgan fingerprint density at radius 2 is 2.30 bits per heavy atom. The first-order chi connectivity index (χ1) is 4.74. The third kappa shape index (κ3) is 1.26. The van der Waals surface area contributed by atoms with E-state index in [-0.39, 0.29) is 0 Å². The van der Waals surface area contributed by atoms with Crippen LogP contribution >= 0.6 is 0 Å². The number of nitrogens with two attached hydrogens (primary N) is 1. The third-order valence-corrected chi connectivity index (χ3v) is 1.31. The molecule has 0 atom stereocenters. The second kappa shape index (κ2) is 2.68. The number of hydrogen-bond acceptors (Lipinski definition) is 3. The van der Waals surface area contributed by atoms with Crippen LogP contribution in [0.25, 0.3) is 0 Å². The molecule has 0 aliphatic heterocycles. The average molecular weight is 140 g/mol. The second-order valence-electron chi connectivity index (χ2n) is 2.24. The zero-order valence-electron chi connectivity index (χ0n) is 6.33. The summed E-state index contributed by atoms with van der Waals surface area (Å²) in [4.78, 5) is 3.96. The molecular formula is C6H12N4. The Labute approximate surface area is 60.1 Å². The maximum atomic E-state index is 5.37. The fourth-order valence-corrected chi connectivity index (χ4v) is 0.865. The van der Waals surface area contributed by atoms with Gasteiger partial charge in [0.15, 0.2) is 0 Å². The van der Waals surface area contributed by atoms with Gasteiger partial charge in [0.2, 0.25) is 5.95 Å². The molecule has 0 saturated heterocycles. The van der Waals surface area contributed by atoms with Crippen molar-refractivity contribution in [2.75, 3.05) is 5.73 Å². The van der Waals surface area contributed by atoms with Crippen LogP contribution in [0, 0.1) is 6.92 Å². The van der Waals surface area contributed by atoms with Gasteiger partial charge in [0, 0.05) is 6.54 Å². The first kappa shape index (κ1) is 7.05. The first-order valence-electron chi connectivity index (χ1n) is 3.41. The predicted molar refractivity (Wildman–Crippen MR) is 39.5 cm³/mol. The van der Waals surface area contributed by atoms with Crippen LogP contribution in [0.1, 0.15) is 19.2 Å². The molecule has 1 heterocycles. The lowest BCUT2D eigenvalue weighted by Crippen LogP contribution is -2.01. The van der Waals surface area contributed by atoms with Gasteiger partial charge in [-0.05, 0) is 13.3 Å². The lowest BCUT2D eigenvalue weighted by Gasteiger charge is -1.96. The van der Waals surface area contributed by atoms with Gasteiger partial charge in [0.05, 0.1) is 0 Å². The zero-order chi connectivity index (χ0) is 7.56. The largest absolute Gasteiger partial charge is 0.366 e. The van der Waals surface area contributed by atoms with Crippen LogP contribution in [0.5, 0.6) is 0 Å². The lowest BCUT2D eigenvalue weighted by molar-refractivity contribution is 0.585. The molecule has 0 spiro atoms. The minimum Gasteiger partial charge on any atom is -0.366 e. The van der Waals surface area contributed by atoms with Crippen LogP contribution in [-0.4, -0.2) is 14.8 Å². The first-order valence-corrected chi connectivity index (χ1v) is 3.41. The van der Waals surface area contributed by atoms with Crippen molar-refractivity contribution in [1.29, 1.82) is 0 Å². The van der Waals surface area contributed by atoms with E-state index >= 15 is 0 Å². The topological polar surface area (TPSA) is 56.7 Å². The van der Waals surface area contributed by atoms with E-state index in [1.807, 2.05) is 11.6 Å². The van der Waals surface area contributed by atoms with E-state index in [0.29, 0.717) is 5.95 Å². The van der Waals surface area contributed by atoms with Crippen molar-refractivity contribution in [2.24, 2.45) is 0 Å². The van der Waals surface area contributed by atoms with E-state index in [0.717, 1.165) is 18.8 Å². The summed E-state index contributed by atoms with van der Waals surface area (Å²) >= 11 is 0. The van der Waals surface area contributed by atoms with Gasteiger partial charge in [-0.3, -0.25) is 0 Å². The maximum Gasteiger partial charge on any atom is 0.239 e. The van der Waals surface area contributed by atoms with E-state index in [1.165, 1.54) is 0 Å². The van der Waals surface area contributed by atoms with Gasteiger partial charge in [0.25, 0.3) is 0 Å². The molecule has 0 saturated carbocycles. The molecule has 0 fully saturated rings. The molecule has 2 N–H and O–H groups in total. The highest BCUT2D eigenvalue weighted by Crippen LogP contribution is 1.98. The molecule has 0 unspecified atom stereocenters. The fraction of sp³-hybridized carbons (Fsp3) is 0.667. The highest BCUT2D eigenvalue weighted by molar-refractivity contribution is 5.12. The van der Waals surface area contributed by atoms with Crippen molar-refractivity contribution < 1.29 is 0 Å². The molecule has 0 amide bonds. The van der Waals surface area contributed by atoms with Crippen LogP contribution in [0.2, 0.25) is 0 Å². The SMILES string of the molecule is CCCn1nc(N)nc1C. The smallest absolute Gasteiger partial charge is 0.239 e. The summed E-state index contributed by atoms with van der Waals surface area (Å²) in [7, 11) is 0. The molecule has 0 radical (unpaired) electrons. The zero-order valence-corrected chi connectivity index (χ0v) is 6.33. The van der Waals surface area contributed by atoms with Gasteiger partial charge in [-0.1, -0.05) is 6.92 Å². The molecule has 1 rings (SSSR count). The maximum absolute atomic E-state index is 5.37. The summed E-state index contributed by atoms with van der Waals surface area (Å²) in [6.07, 6.45) is 1.06. The van der Waals surface area contributed by atoms with Gasteiger partial charge in [-0.25, -0.2) is 4.68 Å². The lowest BCUT2D eigenvalue weighted by atomic mass is 10.5. The van der Waals surface area contributed by atoms with Crippen LogP contribution in [0.4, 0.5) is 5.95 Å². The quantitative estimate of drug-likeness (QED) is 0.653. The molecule has 0 aromatic carbocycles. The third-order valence-electron chi connectivity index (χ3n) is 1.31. The number of aryl methyl sites for hydroxylation is 2. The van der Waals surface area contributed by atoms with Crippen molar-refractivity contribution >= 4 is 5.95 Å². The number of hydrogen-bond donors (Lipinski definition) is 1. The van der Waals surface area contributed by atoms with Gasteiger partial charge in [-0.15, -0.1) is 5.10 Å². The van der Waals surface area contributed by atoms with Gasteiger partial charge in [-0.2, -0.15) is 4.98 Å². The summed E-state index contributed by atoms with van der Waals surface area (Å²) in [5.41, 5.74) is 5.37. The van der Waals surface area contributed by atoms with Gasteiger partial charge < -0.3 is 5.73 Å². The molecule has 0 aliphatic carbocycles. The number of rotatable bonds is 2. The molecule has 0 bridgehead atoms. The van der Waals surface area contributed by atoms with Crippen molar-refractivity contribution in [1.82, 2.24) is 14.8 Å². The number of aromatic nitrogens is 3. The molecule has 4 heteroatoms. The molecule has 10 heavy (non-hydrogen) atoms. The molecule has 1 aromatic heterocycles. The summed E-state index contributed by atoms with van der Waals surface area (Å²) in [5.74, 6) is 1.25. The molecule has 56 valence electrons. The summed E-state index contributed by atoms with van der Waals surface area (Å²) in [6.45, 7) is 4.90. The van der Waals surface area contributed by atoms with Crippen molar-refractivity contribution in [3.8, 4) is 0 Å². The summed E-state index contributed by atoms with van der Waals surface area (Å²) in [5, 5.41) is 3.98. The summed E-state index contributed by atoms with van der Waals surface area (Å²) in [6, 6.07) is 0. The predicted octanol–water partition coefficient (Wildman–Crippen LogP) is 0.579. The Bertz CT molecular complexity index is 216. The Morgan fingerprint density at radius 1 is 1.60 bits per heavy atom. The monoisotopic (exact) mass is 140 g/mol. The highest BCUT2D eigenvalue weighted by Gasteiger charge is 1.99. The van der Waals surface area contributed by atoms with Crippen molar-refractivity contribution in [3.05, 3.63) is 5.82 Å². The van der Waals surface area contributed by atoms with E-state index in [2.05, 4.69) is 17.0 Å². The summed E-state index contributed by atoms with van der Waals surface area (Å²) < 4.78 is 1.81. The minimum atomic E-state index is 0.367. The number of nitrogens with zero attached hydrogens (tertiary/aromatic N) is 3. The van der Waals surface area contributed by atoms with Gasteiger partial charge in [0.1, 0.15) is 5.82 Å². The van der Waals surface area contributed by atoms with Crippen molar-refractivity contribution in [2.45, 2.75) is 26.8 Å². The molecule has 1 aromatic rings. The second-order valence-corrected chi connectivity index (χ2v) is 2.24. The number of anilines is 1. The van der Waals surface area contributed by atoms with E-state index in [9.17, 15) is 0 Å². The van der Waals surface area contributed by atoms with E-state index < -0.39 is 0 Å². The van der Waals surface area contributed by atoms with Crippen LogP contribution in [0.3, 0.4) is 0 Å². The normalized spacial score (nSPS) is 10.2. The van der Waals surface area contributed by atoms with Crippen molar-refractivity contribution in [3.63, 3.8) is 0 Å². The Morgan fingerprint density at radius 3 is 2.70 bits per heavy atom. The average Bonchev–Trinajstić information content (AvgIpc) is 2.13. The molecule has 4 nitrogen and oxygen atoms in total. The Balaban J connectivity index is 2.81. The van der Waals surface area contributed by atoms with Crippen LogP contribution in [-0.2, 0) is 6.54 Å². The van der Waals surface area contributed by atoms with Gasteiger partial charge >= 0.3 is 0 Å². The Hall–Kier alpha value is -1.06. The standard InChI is InChI=1S/C6H12N4/c1-3-4-10-5(2)8-6(7)9-10/h3-4H2,1-2H3,(H2,7,9). The number of nitrogen functional groups attached to an aromatic ring is 1. The van der Waals surface area contributed by atoms with E-state index in [4.69, 9.17) is 5.73 Å². The fourth-order valence-electron chi connectivity index (χ4n) is 0.865. The molecule has 0 aliphatic rings. The Kier molecular flexibility index (Phi) is 1.89.